The number of benzene rings is 1. The van der Waals surface area contributed by atoms with Crippen molar-refractivity contribution in [2.75, 3.05) is 6.54 Å². The Balaban J connectivity index is 1.69. The van der Waals surface area contributed by atoms with Gasteiger partial charge in [-0.25, -0.2) is 4.79 Å². The lowest BCUT2D eigenvalue weighted by Gasteiger charge is -2.29. The molecule has 1 saturated heterocycles. The number of nitrogens with zero attached hydrogens (tertiary/aromatic N) is 1. The third kappa shape index (κ3) is 4.09. The zero-order valence-electron chi connectivity index (χ0n) is 15.4. The Morgan fingerprint density at radius 3 is 2.72 bits per heavy atom. The number of rotatable bonds is 2. The average molecular weight is 360 g/mol. The van der Waals surface area contributed by atoms with Crippen LogP contribution in [-0.2, 0) is 4.74 Å². The minimum Gasteiger partial charge on any atom is -0.444 e. The summed E-state index contributed by atoms with van der Waals surface area (Å²) in [5.74, 6) is 0. The lowest BCUT2D eigenvalue weighted by molar-refractivity contribution is 0.0248. The van der Waals surface area contributed by atoms with Gasteiger partial charge in [0.1, 0.15) is 5.60 Å². The molecule has 3 rings (SSSR count). The Bertz CT molecular complexity index is 743. The molecule has 1 aliphatic heterocycles. The number of carbonyl (C=O) groups excluding carboxylic acids is 1. The van der Waals surface area contributed by atoms with Gasteiger partial charge in [-0.15, -0.1) is 0 Å². The monoisotopic (exact) mass is 359 g/mol. The van der Waals surface area contributed by atoms with Crippen LogP contribution >= 0.6 is 11.6 Å². The summed E-state index contributed by atoms with van der Waals surface area (Å²) in [5, 5.41) is 0.794. The molecule has 1 aromatic rings. The van der Waals surface area contributed by atoms with E-state index in [4.69, 9.17) is 16.3 Å². The van der Waals surface area contributed by atoms with Crippen LogP contribution in [0.4, 0.5) is 4.79 Å². The summed E-state index contributed by atoms with van der Waals surface area (Å²) in [6.07, 6.45) is 7.05. The van der Waals surface area contributed by atoms with Gasteiger partial charge in [-0.3, -0.25) is 0 Å². The lowest BCUT2D eigenvalue weighted by Crippen LogP contribution is -2.40. The minimum absolute atomic E-state index is 0.150. The lowest BCUT2D eigenvalue weighted by atomic mass is 9.97. The van der Waals surface area contributed by atoms with E-state index in [0.717, 1.165) is 36.4 Å². The molecule has 1 fully saturated rings. The van der Waals surface area contributed by atoms with E-state index in [9.17, 15) is 4.79 Å². The van der Waals surface area contributed by atoms with Crippen LogP contribution in [0.5, 0.6) is 0 Å². The van der Waals surface area contributed by atoms with Crippen LogP contribution in [0.15, 0.2) is 35.9 Å². The fraction of sp³-hybridized carbons (Fsp3) is 0.476. The van der Waals surface area contributed by atoms with Crippen molar-refractivity contribution in [3.63, 3.8) is 0 Å². The molecule has 1 heterocycles. The normalized spacial score (nSPS) is 20.5. The van der Waals surface area contributed by atoms with Gasteiger partial charge < -0.3 is 9.64 Å². The van der Waals surface area contributed by atoms with Crippen molar-refractivity contribution in [3.8, 4) is 0 Å². The van der Waals surface area contributed by atoms with Crippen LogP contribution in [0.2, 0.25) is 5.02 Å². The van der Waals surface area contributed by atoms with Crippen LogP contribution in [0.25, 0.3) is 5.57 Å². The van der Waals surface area contributed by atoms with Crippen LogP contribution in [0.1, 0.15) is 51.2 Å². The number of ether oxygens (including phenoxy) is 1. The SMILES string of the molecule is Cc1cc(C2=CC=C([C@@H]3CCCN3C(=O)OC(C)(C)C)C2)ccc1Cl. The predicted octanol–water partition coefficient (Wildman–Crippen LogP) is 5.76. The molecule has 0 radical (unpaired) electrons. The highest BCUT2D eigenvalue weighted by Gasteiger charge is 2.35. The molecule has 2 aliphatic rings. The number of allylic oxidation sites excluding steroid dienone is 3. The zero-order valence-corrected chi connectivity index (χ0v) is 16.2. The van der Waals surface area contributed by atoms with Crippen molar-refractivity contribution in [1.29, 1.82) is 0 Å². The summed E-state index contributed by atoms with van der Waals surface area (Å²) in [5.41, 5.74) is 4.41. The molecular weight excluding hydrogens is 334 g/mol. The molecule has 1 aromatic carbocycles. The zero-order chi connectivity index (χ0) is 18.2. The van der Waals surface area contributed by atoms with Crippen LogP contribution < -0.4 is 0 Å². The van der Waals surface area contributed by atoms with E-state index in [1.165, 1.54) is 16.7 Å². The van der Waals surface area contributed by atoms with Crippen LogP contribution in [0.3, 0.4) is 0 Å². The standard InChI is InChI=1S/C21H26ClNO2/c1-14-12-15(9-10-18(14)22)16-7-8-17(13-16)19-6-5-11-23(19)20(24)25-21(2,3)4/h7-10,12,19H,5-6,11,13H2,1-4H3/t19-/m0/s1. The van der Waals surface area contributed by atoms with Crippen molar-refractivity contribution in [1.82, 2.24) is 4.90 Å². The Labute approximate surface area is 155 Å². The van der Waals surface area contributed by atoms with Gasteiger partial charge in [0.2, 0.25) is 0 Å². The van der Waals surface area contributed by atoms with Gasteiger partial charge in [0.25, 0.3) is 0 Å². The van der Waals surface area contributed by atoms with Crippen molar-refractivity contribution in [3.05, 3.63) is 52.1 Å². The van der Waals surface area contributed by atoms with Crippen molar-refractivity contribution >= 4 is 23.3 Å². The molecule has 0 saturated carbocycles. The summed E-state index contributed by atoms with van der Waals surface area (Å²) >= 11 is 6.14. The van der Waals surface area contributed by atoms with E-state index in [1.54, 1.807) is 0 Å². The molecule has 0 spiro atoms. The molecule has 4 heteroatoms. The Kier molecular flexibility index (Phi) is 4.97. The number of halogens is 1. The van der Waals surface area contributed by atoms with Gasteiger partial charge in [0.05, 0.1) is 6.04 Å². The van der Waals surface area contributed by atoms with Gasteiger partial charge >= 0.3 is 6.09 Å². The highest BCUT2D eigenvalue weighted by Crippen LogP contribution is 2.36. The van der Waals surface area contributed by atoms with Gasteiger partial charge in [-0.2, -0.15) is 0 Å². The molecular formula is C21H26ClNO2. The maximum Gasteiger partial charge on any atom is 0.410 e. The molecule has 3 nitrogen and oxygen atoms in total. The number of likely N-dealkylation sites (tertiary alicyclic amines) is 1. The van der Waals surface area contributed by atoms with Gasteiger partial charge in [0, 0.05) is 11.6 Å². The van der Waals surface area contributed by atoms with Gasteiger partial charge in [-0.05, 0) is 75.3 Å². The predicted molar refractivity (Wildman–Crippen MR) is 103 cm³/mol. The summed E-state index contributed by atoms with van der Waals surface area (Å²) < 4.78 is 5.58. The second-order valence-corrected chi connectivity index (χ2v) is 8.31. The Morgan fingerprint density at radius 2 is 2.04 bits per heavy atom. The smallest absolute Gasteiger partial charge is 0.410 e. The first kappa shape index (κ1) is 18.1. The Hall–Kier alpha value is -1.74. The second kappa shape index (κ2) is 6.87. The maximum absolute atomic E-state index is 12.5. The van der Waals surface area contributed by atoms with E-state index in [0.29, 0.717) is 0 Å². The number of amides is 1. The molecule has 1 aliphatic carbocycles. The second-order valence-electron chi connectivity index (χ2n) is 7.91. The van der Waals surface area contributed by atoms with Crippen LogP contribution in [0, 0.1) is 6.92 Å². The highest BCUT2D eigenvalue weighted by molar-refractivity contribution is 6.31. The van der Waals surface area contributed by atoms with Crippen molar-refractivity contribution in [2.45, 2.75) is 58.6 Å². The first-order valence-electron chi connectivity index (χ1n) is 8.90. The fourth-order valence-corrected chi connectivity index (χ4v) is 3.63. The largest absolute Gasteiger partial charge is 0.444 e. The summed E-state index contributed by atoms with van der Waals surface area (Å²) in [7, 11) is 0. The van der Waals surface area contributed by atoms with E-state index < -0.39 is 5.60 Å². The molecule has 134 valence electrons. The molecule has 1 amide bonds. The van der Waals surface area contributed by atoms with Gasteiger partial charge in [-0.1, -0.05) is 35.9 Å². The molecule has 0 bridgehead atoms. The highest BCUT2D eigenvalue weighted by atomic mass is 35.5. The fourth-order valence-electron chi connectivity index (χ4n) is 3.51. The van der Waals surface area contributed by atoms with Crippen molar-refractivity contribution < 1.29 is 9.53 Å². The summed E-state index contributed by atoms with van der Waals surface area (Å²) in [4.78, 5) is 14.4. The third-order valence-corrected chi connectivity index (χ3v) is 5.15. The number of carbonyl (C=O) groups is 1. The van der Waals surface area contributed by atoms with Crippen LogP contribution in [-0.4, -0.2) is 29.2 Å². The molecule has 1 atom stereocenters. The average Bonchev–Trinajstić information content (AvgIpc) is 3.16. The number of hydrogen-bond acceptors (Lipinski definition) is 2. The minimum atomic E-state index is -0.460. The third-order valence-electron chi connectivity index (χ3n) is 4.73. The Morgan fingerprint density at radius 1 is 1.28 bits per heavy atom. The maximum atomic E-state index is 12.5. The number of aryl methyl sites for hydroxylation is 1. The number of hydrogen-bond donors (Lipinski definition) is 0. The van der Waals surface area contributed by atoms with E-state index in [-0.39, 0.29) is 12.1 Å². The topological polar surface area (TPSA) is 29.5 Å². The van der Waals surface area contributed by atoms with Crippen molar-refractivity contribution in [2.24, 2.45) is 0 Å². The first-order chi connectivity index (χ1) is 11.7. The first-order valence-corrected chi connectivity index (χ1v) is 9.28. The van der Waals surface area contributed by atoms with E-state index in [1.807, 2.05) is 38.7 Å². The molecule has 0 aromatic heterocycles. The quantitative estimate of drug-likeness (QED) is 0.671. The molecule has 0 unspecified atom stereocenters. The van der Waals surface area contributed by atoms with E-state index in [2.05, 4.69) is 24.3 Å². The molecule has 25 heavy (non-hydrogen) atoms. The molecule has 0 N–H and O–H groups in total. The summed E-state index contributed by atoms with van der Waals surface area (Å²) in [6.45, 7) is 8.53. The van der Waals surface area contributed by atoms with E-state index >= 15 is 0 Å². The summed E-state index contributed by atoms with van der Waals surface area (Å²) in [6, 6.07) is 6.30. The van der Waals surface area contributed by atoms with Gasteiger partial charge in [0.15, 0.2) is 0 Å².